The van der Waals surface area contributed by atoms with Crippen molar-refractivity contribution in [3.8, 4) is 0 Å². The number of hydrogen-bond acceptors (Lipinski definition) is 6. The summed E-state index contributed by atoms with van der Waals surface area (Å²) in [6.07, 6.45) is 11.3. The lowest BCUT2D eigenvalue weighted by molar-refractivity contribution is 0.182. The lowest BCUT2D eigenvalue weighted by atomic mass is 9.78. The maximum atomic E-state index is 4.77. The van der Waals surface area contributed by atoms with Crippen molar-refractivity contribution in [2.75, 3.05) is 31.5 Å². The number of hydrogen-bond donors (Lipinski definition) is 3. The SMILES string of the molecule is c1c2c(c(Nc3nc(SN4CCC5(CCNC5)CC4)n[nH]3)c3c1CCC3)CCC2. The maximum Gasteiger partial charge on any atom is 0.225 e. The van der Waals surface area contributed by atoms with Gasteiger partial charge in [0.25, 0.3) is 0 Å². The Kier molecular flexibility index (Phi) is 4.58. The van der Waals surface area contributed by atoms with E-state index >= 15 is 0 Å². The highest BCUT2D eigenvalue weighted by molar-refractivity contribution is 7.96. The van der Waals surface area contributed by atoms with Gasteiger partial charge in [-0.2, -0.15) is 4.98 Å². The summed E-state index contributed by atoms with van der Waals surface area (Å²) < 4.78 is 2.44. The van der Waals surface area contributed by atoms with Crippen molar-refractivity contribution in [1.29, 1.82) is 0 Å². The number of fused-ring (bicyclic) bond motifs is 2. The summed E-state index contributed by atoms with van der Waals surface area (Å²) in [7, 11) is 0. The van der Waals surface area contributed by atoms with Gasteiger partial charge in [0, 0.05) is 37.3 Å². The number of rotatable bonds is 4. The summed E-state index contributed by atoms with van der Waals surface area (Å²) in [5.74, 6) is 0.787. The van der Waals surface area contributed by atoms with Crippen molar-refractivity contribution >= 4 is 23.6 Å². The number of piperidine rings is 1. The van der Waals surface area contributed by atoms with Gasteiger partial charge in [0.05, 0.1) is 0 Å². The fourth-order valence-corrected chi connectivity index (χ4v) is 6.63. The zero-order valence-electron chi connectivity index (χ0n) is 17.0. The highest BCUT2D eigenvalue weighted by atomic mass is 32.2. The zero-order chi connectivity index (χ0) is 19.3. The highest BCUT2D eigenvalue weighted by Gasteiger charge is 2.37. The van der Waals surface area contributed by atoms with Crippen LogP contribution in [-0.4, -0.2) is 45.7 Å². The van der Waals surface area contributed by atoms with Crippen LogP contribution >= 0.6 is 11.9 Å². The molecule has 0 radical (unpaired) electrons. The van der Waals surface area contributed by atoms with Gasteiger partial charge in [0.2, 0.25) is 11.1 Å². The quantitative estimate of drug-likeness (QED) is 0.669. The molecule has 2 aliphatic carbocycles. The van der Waals surface area contributed by atoms with Crippen molar-refractivity contribution in [2.24, 2.45) is 5.41 Å². The fraction of sp³-hybridized carbons (Fsp3) is 0.636. The Morgan fingerprint density at radius 2 is 1.76 bits per heavy atom. The molecule has 3 heterocycles. The number of benzene rings is 1. The normalized spacial score (nSPS) is 22.9. The largest absolute Gasteiger partial charge is 0.324 e. The molecule has 3 N–H and O–H groups in total. The summed E-state index contributed by atoms with van der Waals surface area (Å²) >= 11 is 1.71. The van der Waals surface area contributed by atoms with E-state index in [1.165, 1.54) is 87.7 Å². The molecule has 6 rings (SSSR count). The molecule has 2 aliphatic heterocycles. The van der Waals surface area contributed by atoms with Crippen LogP contribution in [-0.2, 0) is 25.7 Å². The third-order valence-corrected chi connectivity index (χ3v) is 8.48. The molecule has 1 aromatic heterocycles. The number of nitrogens with one attached hydrogen (secondary N) is 3. The van der Waals surface area contributed by atoms with Gasteiger partial charge in [-0.05, 0) is 92.0 Å². The van der Waals surface area contributed by atoms with Gasteiger partial charge in [-0.3, -0.25) is 0 Å². The number of aromatic nitrogens is 3. The molecule has 0 bridgehead atoms. The van der Waals surface area contributed by atoms with E-state index in [4.69, 9.17) is 4.98 Å². The Morgan fingerprint density at radius 3 is 2.45 bits per heavy atom. The summed E-state index contributed by atoms with van der Waals surface area (Å²) in [6, 6.07) is 2.47. The lowest BCUT2D eigenvalue weighted by Gasteiger charge is -2.37. The van der Waals surface area contributed by atoms with E-state index in [0.29, 0.717) is 5.41 Å². The van der Waals surface area contributed by atoms with Crippen LogP contribution in [0.25, 0.3) is 0 Å². The van der Waals surface area contributed by atoms with Crippen LogP contribution in [0, 0.1) is 5.41 Å². The van der Waals surface area contributed by atoms with E-state index in [2.05, 4.69) is 31.2 Å². The number of aryl methyl sites for hydroxylation is 2. The van der Waals surface area contributed by atoms with Crippen molar-refractivity contribution in [3.05, 3.63) is 28.3 Å². The molecule has 6 nitrogen and oxygen atoms in total. The van der Waals surface area contributed by atoms with Gasteiger partial charge in [-0.1, -0.05) is 6.07 Å². The molecule has 0 amide bonds. The fourth-order valence-electron chi connectivity index (χ4n) is 5.82. The number of anilines is 2. The van der Waals surface area contributed by atoms with Crippen LogP contribution in [0.4, 0.5) is 11.6 Å². The molecular weight excluding hydrogens is 380 g/mol. The second-order valence-electron chi connectivity index (χ2n) is 9.27. The molecule has 154 valence electrons. The van der Waals surface area contributed by atoms with Crippen molar-refractivity contribution in [3.63, 3.8) is 0 Å². The van der Waals surface area contributed by atoms with Gasteiger partial charge in [-0.15, -0.1) is 5.10 Å². The van der Waals surface area contributed by atoms with E-state index in [-0.39, 0.29) is 0 Å². The number of H-pyrrole nitrogens is 1. The summed E-state index contributed by atoms with van der Waals surface area (Å²) in [6.45, 7) is 4.65. The van der Waals surface area contributed by atoms with E-state index < -0.39 is 0 Å². The third kappa shape index (κ3) is 3.37. The Balaban J connectivity index is 1.15. The summed E-state index contributed by atoms with van der Waals surface area (Å²) in [4.78, 5) is 4.77. The Labute approximate surface area is 176 Å². The van der Waals surface area contributed by atoms with Crippen LogP contribution in [0.1, 0.15) is 54.4 Å². The molecule has 4 aliphatic rings. The first-order chi connectivity index (χ1) is 14.3. The first-order valence-corrected chi connectivity index (χ1v) is 12.0. The number of nitrogens with zero attached hydrogens (tertiary/aromatic N) is 3. The van der Waals surface area contributed by atoms with Crippen molar-refractivity contribution in [2.45, 2.75) is 62.9 Å². The van der Waals surface area contributed by atoms with Crippen LogP contribution in [0.3, 0.4) is 0 Å². The van der Waals surface area contributed by atoms with Crippen LogP contribution < -0.4 is 10.6 Å². The monoisotopic (exact) mass is 410 g/mol. The molecule has 2 fully saturated rings. The first kappa shape index (κ1) is 18.2. The predicted octanol–water partition coefficient (Wildman–Crippen LogP) is 3.61. The standard InChI is InChI=1S/C22H30N6S/c1-3-15-13-16-4-2-6-18(16)19(17(15)5-1)24-20-25-21(27-26-20)29-28-11-8-22(9-12-28)7-10-23-14-22/h13,23H,1-12,14H2,(H2,24,25,26,27). The Bertz CT molecular complexity index is 874. The van der Waals surface area contributed by atoms with Gasteiger partial charge in [0.15, 0.2) is 0 Å². The average molecular weight is 411 g/mol. The van der Waals surface area contributed by atoms with E-state index in [9.17, 15) is 0 Å². The van der Waals surface area contributed by atoms with E-state index in [1.54, 1.807) is 23.1 Å². The minimum Gasteiger partial charge on any atom is -0.324 e. The molecule has 0 unspecified atom stereocenters. The second-order valence-corrected chi connectivity index (χ2v) is 10.3. The molecule has 2 saturated heterocycles. The topological polar surface area (TPSA) is 68.9 Å². The van der Waals surface area contributed by atoms with Crippen molar-refractivity contribution in [1.82, 2.24) is 24.8 Å². The molecule has 1 spiro atoms. The number of aromatic amines is 1. The lowest BCUT2D eigenvalue weighted by Crippen LogP contribution is -2.38. The minimum absolute atomic E-state index is 0.552. The molecular formula is C22H30N6S. The zero-order valence-corrected chi connectivity index (χ0v) is 17.8. The molecule has 2 aromatic rings. The van der Waals surface area contributed by atoms with E-state index in [0.717, 1.165) is 24.2 Å². The molecule has 0 atom stereocenters. The summed E-state index contributed by atoms with van der Waals surface area (Å²) in [5.41, 5.74) is 8.01. The van der Waals surface area contributed by atoms with Gasteiger partial charge >= 0.3 is 0 Å². The predicted molar refractivity (Wildman–Crippen MR) is 117 cm³/mol. The van der Waals surface area contributed by atoms with Gasteiger partial charge in [-0.25, -0.2) is 9.40 Å². The average Bonchev–Trinajstić information content (AvgIpc) is 3.51. The highest BCUT2D eigenvalue weighted by Crippen LogP contribution is 2.41. The van der Waals surface area contributed by atoms with Gasteiger partial charge < -0.3 is 10.6 Å². The molecule has 0 saturated carbocycles. The maximum absolute atomic E-state index is 4.77. The molecule has 1 aromatic carbocycles. The van der Waals surface area contributed by atoms with Crippen LogP contribution in [0.5, 0.6) is 0 Å². The van der Waals surface area contributed by atoms with Crippen LogP contribution in [0.15, 0.2) is 11.2 Å². The van der Waals surface area contributed by atoms with E-state index in [1.807, 2.05) is 0 Å². The second kappa shape index (κ2) is 7.29. The molecule has 7 heteroatoms. The summed E-state index contributed by atoms with van der Waals surface area (Å²) in [5, 5.41) is 15.6. The van der Waals surface area contributed by atoms with Crippen molar-refractivity contribution < 1.29 is 0 Å². The van der Waals surface area contributed by atoms with Gasteiger partial charge in [0.1, 0.15) is 0 Å². The Hall–Kier alpha value is -1.57. The first-order valence-electron chi connectivity index (χ1n) is 11.3. The minimum atomic E-state index is 0.552. The Morgan fingerprint density at radius 1 is 1.00 bits per heavy atom. The third-order valence-electron chi connectivity index (χ3n) is 7.51. The smallest absolute Gasteiger partial charge is 0.225 e. The molecule has 29 heavy (non-hydrogen) atoms. The van der Waals surface area contributed by atoms with Crippen LogP contribution in [0.2, 0.25) is 0 Å².